The standard InChI is InChI=1S/C19H16F3N3O3/c1-23-6-8-24(9-7-23)17-14(21)13(20)12-16(15(17)22)25-5-3-2-4-10(25)11(18(12)26)19(27)28/h2-5H,6-9H2,1H3,(H,27,28). The van der Waals surface area contributed by atoms with Crippen LogP contribution < -0.4 is 10.3 Å². The lowest BCUT2D eigenvalue weighted by atomic mass is 10.1. The quantitative estimate of drug-likeness (QED) is 0.537. The van der Waals surface area contributed by atoms with Gasteiger partial charge >= 0.3 is 5.97 Å². The maximum atomic E-state index is 15.5. The lowest BCUT2D eigenvalue weighted by molar-refractivity contribution is 0.0697. The van der Waals surface area contributed by atoms with E-state index >= 15 is 4.39 Å². The number of carboxylic acid groups (broad SMARTS) is 1. The van der Waals surface area contributed by atoms with Gasteiger partial charge in [-0.3, -0.25) is 4.79 Å². The van der Waals surface area contributed by atoms with Gasteiger partial charge in [-0.15, -0.1) is 0 Å². The van der Waals surface area contributed by atoms with Crippen LogP contribution in [0.5, 0.6) is 0 Å². The molecule has 0 aliphatic carbocycles. The Morgan fingerprint density at radius 3 is 2.36 bits per heavy atom. The molecule has 1 aromatic carbocycles. The van der Waals surface area contributed by atoms with E-state index < -0.39 is 51.0 Å². The van der Waals surface area contributed by atoms with Crippen LogP contribution in [0.25, 0.3) is 16.4 Å². The van der Waals surface area contributed by atoms with E-state index in [0.717, 1.165) is 4.40 Å². The number of halogens is 3. The summed E-state index contributed by atoms with van der Waals surface area (Å²) in [4.78, 5) is 27.6. The molecule has 146 valence electrons. The molecule has 1 N–H and O–H groups in total. The number of fused-ring (bicyclic) bond motifs is 3. The van der Waals surface area contributed by atoms with Crippen LogP contribution >= 0.6 is 0 Å². The van der Waals surface area contributed by atoms with Crippen LogP contribution in [-0.4, -0.2) is 53.6 Å². The van der Waals surface area contributed by atoms with Crippen molar-refractivity contribution in [1.82, 2.24) is 9.30 Å². The number of nitrogens with zero attached hydrogens (tertiary/aromatic N) is 3. The van der Waals surface area contributed by atoms with Crippen molar-refractivity contribution in [2.75, 3.05) is 38.1 Å². The first-order valence-corrected chi connectivity index (χ1v) is 8.63. The van der Waals surface area contributed by atoms with Crippen LogP contribution in [0.4, 0.5) is 18.9 Å². The third-order valence-electron chi connectivity index (χ3n) is 5.12. The molecule has 0 spiro atoms. The third kappa shape index (κ3) is 2.54. The number of aromatic carboxylic acids is 1. The van der Waals surface area contributed by atoms with E-state index in [-0.39, 0.29) is 18.6 Å². The molecule has 2 aromatic heterocycles. The molecule has 28 heavy (non-hydrogen) atoms. The van der Waals surface area contributed by atoms with Crippen molar-refractivity contribution in [2.45, 2.75) is 0 Å². The summed E-state index contributed by atoms with van der Waals surface area (Å²) in [6.45, 7) is 1.65. The summed E-state index contributed by atoms with van der Waals surface area (Å²) in [6, 6.07) is 4.28. The zero-order chi connectivity index (χ0) is 20.2. The van der Waals surface area contributed by atoms with Crippen LogP contribution in [0.15, 0.2) is 29.2 Å². The summed E-state index contributed by atoms with van der Waals surface area (Å²) < 4.78 is 46.3. The van der Waals surface area contributed by atoms with E-state index in [4.69, 9.17) is 0 Å². The van der Waals surface area contributed by atoms with E-state index in [0.29, 0.717) is 13.1 Å². The molecule has 0 radical (unpaired) electrons. The topological polar surface area (TPSA) is 65.3 Å². The summed E-state index contributed by atoms with van der Waals surface area (Å²) in [7, 11) is 1.87. The van der Waals surface area contributed by atoms with Crippen molar-refractivity contribution in [3.05, 3.63) is 57.6 Å². The number of piperazine rings is 1. The van der Waals surface area contributed by atoms with Crippen LogP contribution in [0.2, 0.25) is 0 Å². The summed E-state index contributed by atoms with van der Waals surface area (Å²) in [5.41, 5.74) is -3.11. The first-order chi connectivity index (χ1) is 13.3. The third-order valence-corrected chi connectivity index (χ3v) is 5.12. The average molecular weight is 391 g/mol. The molecule has 0 atom stereocenters. The number of rotatable bonds is 2. The van der Waals surface area contributed by atoms with Gasteiger partial charge in [0.2, 0.25) is 5.43 Å². The molecule has 0 amide bonds. The maximum absolute atomic E-state index is 15.5. The van der Waals surface area contributed by atoms with Crippen molar-refractivity contribution in [3.8, 4) is 0 Å². The van der Waals surface area contributed by atoms with E-state index in [1.807, 2.05) is 11.9 Å². The maximum Gasteiger partial charge on any atom is 0.341 e. The van der Waals surface area contributed by atoms with E-state index in [9.17, 15) is 23.5 Å². The zero-order valence-corrected chi connectivity index (χ0v) is 14.9. The van der Waals surface area contributed by atoms with Crippen LogP contribution in [-0.2, 0) is 0 Å². The summed E-state index contributed by atoms with van der Waals surface area (Å²) in [5.74, 6) is -5.72. The Morgan fingerprint density at radius 1 is 1.04 bits per heavy atom. The van der Waals surface area contributed by atoms with Gasteiger partial charge in [-0.1, -0.05) is 6.07 Å². The molecular formula is C19H16F3N3O3. The lowest BCUT2D eigenvalue weighted by Gasteiger charge is -2.34. The highest BCUT2D eigenvalue weighted by atomic mass is 19.2. The number of aromatic nitrogens is 1. The second-order valence-corrected chi connectivity index (χ2v) is 6.77. The minimum atomic E-state index is -1.60. The predicted molar refractivity (Wildman–Crippen MR) is 97.7 cm³/mol. The van der Waals surface area contributed by atoms with Gasteiger partial charge in [0.05, 0.1) is 16.4 Å². The van der Waals surface area contributed by atoms with Crippen molar-refractivity contribution in [1.29, 1.82) is 0 Å². The monoisotopic (exact) mass is 391 g/mol. The second-order valence-electron chi connectivity index (χ2n) is 6.77. The highest BCUT2D eigenvalue weighted by Gasteiger charge is 2.31. The van der Waals surface area contributed by atoms with Gasteiger partial charge in [0.15, 0.2) is 17.5 Å². The van der Waals surface area contributed by atoms with Gasteiger partial charge < -0.3 is 19.3 Å². The number of carboxylic acids is 1. The molecule has 1 fully saturated rings. The molecule has 4 rings (SSSR count). The van der Waals surface area contributed by atoms with Crippen molar-refractivity contribution < 1.29 is 23.1 Å². The van der Waals surface area contributed by atoms with E-state index in [2.05, 4.69) is 0 Å². The molecule has 3 aromatic rings. The molecule has 6 nitrogen and oxygen atoms in total. The Kier molecular flexibility index (Phi) is 4.26. The minimum absolute atomic E-state index is 0.0956. The molecule has 0 bridgehead atoms. The fraction of sp³-hybridized carbons (Fsp3) is 0.263. The van der Waals surface area contributed by atoms with Gasteiger partial charge in [0, 0.05) is 32.4 Å². The molecule has 3 heterocycles. The summed E-state index contributed by atoms with van der Waals surface area (Å²) in [6.07, 6.45) is 1.32. The molecular weight excluding hydrogens is 375 g/mol. The van der Waals surface area contributed by atoms with Crippen molar-refractivity contribution in [3.63, 3.8) is 0 Å². The van der Waals surface area contributed by atoms with E-state index in [1.54, 1.807) is 0 Å². The van der Waals surface area contributed by atoms with Gasteiger partial charge in [-0.2, -0.15) is 0 Å². The fourth-order valence-corrected chi connectivity index (χ4v) is 3.67. The number of likely N-dealkylation sites (N-methyl/N-ethyl adjacent to an activating group) is 1. The highest BCUT2D eigenvalue weighted by Crippen LogP contribution is 2.33. The predicted octanol–water partition coefficient (Wildman–Crippen LogP) is 2.32. The van der Waals surface area contributed by atoms with E-state index in [1.165, 1.54) is 29.3 Å². The Hall–Kier alpha value is -3.07. The van der Waals surface area contributed by atoms with Gasteiger partial charge in [0.25, 0.3) is 0 Å². The normalized spacial score (nSPS) is 15.5. The average Bonchev–Trinajstić information content (AvgIpc) is 2.66. The summed E-state index contributed by atoms with van der Waals surface area (Å²) >= 11 is 0. The largest absolute Gasteiger partial charge is 0.477 e. The second kappa shape index (κ2) is 6.52. The molecule has 0 unspecified atom stereocenters. The van der Waals surface area contributed by atoms with Crippen molar-refractivity contribution >= 4 is 28.1 Å². The van der Waals surface area contributed by atoms with Gasteiger partial charge in [-0.25, -0.2) is 18.0 Å². The zero-order valence-electron chi connectivity index (χ0n) is 14.9. The van der Waals surface area contributed by atoms with Crippen LogP contribution in [0.1, 0.15) is 10.4 Å². The lowest BCUT2D eigenvalue weighted by Crippen LogP contribution is -2.45. The highest BCUT2D eigenvalue weighted by molar-refractivity contribution is 6.01. The van der Waals surface area contributed by atoms with Crippen LogP contribution in [0.3, 0.4) is 0 Å². The van der Waals surface area contributed by atoms with Gasteiger partial charge in [-0.05, 0) is 19.2 Å². The smallest absolute Gasteiger partial charge is 0.341 e. The number of anilines is 1. The molecule has 0 saturated carbocycles. The number of carbonyl (C=O) groups is 1. The Morgan fingerprint density at radius 2 is 1.71 bits per heavy atom. The molecule has 1 aliphatic heterocycles. The fourth-order valence-electron chi connectivity index (χ4n) is 3.67. The van der Waals surface area contributed by atoms with Crippen LogP contribution in [0, 0.1) is 17.5 Å². The number of hydrogen-bond donors (Lipinski definition) is 1. The number of benzene rings is 1. The Labute approximate surface area is 157 Å². The Balaban J connectivity index is 2.15. The minimum Gasteiger partial charge on any atom is -0.477 e. The SMILES string of the molecule is CN1CCN(c2c(F)c(F)c3c(=O)c(C(=O)O)c4ccccn4c3c2F)CC1. The van der Waals surface area contributed by atoms with Crippen molar-refractivity contribution in [2.24, 2.45) is 0 Å². The van der Waals surface area contributed by atoms with Gasteiger partial charge in [0.1, 0.15) is 11.3 Å². The molecule has 1 aliphatic rings. The first-order valence-electron chi connectivity index (χ1n) is 8.63. The number of pyridine rings is 2. The first kappa shape index (κ1) is 18.3. The summed E-state index contributed by atoms with van der Waals surface area (Å²) in [5, 5.41) is 8.49. The Bertz CT molecular complexity index is 1180. The molecule has 1 saturated heterocycles. The number of hydrogen-bond acceptors (Lipinski definition) is 4. The molecule has 9 heteroatoms.